The van der Waals surface area contributed by atoms with Gasteiger partial charge in [0.2, 0.25) is 0 Å². The number of fused-ring (bicyclic) bond motifs is 1. The van der Waals surface area contributed by atoms with Crippen molar-refractivity contribution in [1.29, 1.82) is 0 Å². The second-order valence-corrected chi connectivity index (χ2v) is 8.85. The lowest BCUT2D eigenvalue weighted by molar-refractivity contribution is 0.102. The Morgan fingerprint density at radius 1 is 0.970 bits per heavy atom. The molecule has 0 radical (unpaired) electrons. The van der Waals surface area contributed by atoms with E-state index in [0.717, 1.165) is 53.2 Å². The topological polar surface area (TPSA) is 69.2 Å². The molecule has 0 saturated heterocycles. The molecule has 1 heterocycles. The van der Waals surface area contributed by atoms with Crippen molar-refractivity contribution < 1.29 is 19.0 Å². The third kappa shape index (κ3) is 5.03. The van der Waals surface area contributed by atoms with E-state index >= 15 is 0 Å². The number of carbonyl (C=O) groups excluding carboxylic acids is 1. The summed E-state index contributed by atoms with van der Waals surface area (Å²) in [7, 11) is 4.84. The lowest BCUT2D eigenvalue weighted by Crippen LogP contribution is -2.13. The number of nitrogens with zero attached hydrogens (tertiary/aromatic N) is 1. The van der Waals surface area contributed by atoms with E-state index in [-0.39, 0.29) is 5.91 Å². The van der Waals surface area contributed by atoms with E-state index in [2.05, 4.69) is 5.32 Å². The molecule has 4 rings (SSSR count). The molecular weight excluding hydrogens is 436 g/mol. The van der Waals surface area contributed by atoms with E-state index in [4.69, 9.17) is 19.2 Å². The van der Waals surface area contributed by atoms with Crippen LogP contribution in [0.25, 0.3) is 0 Å². The molecule has 2 aromatic carbocycles. The van der Waals surface area contributed by atoms with Crippen molar-refractivity contribution in [2.75, 3.05) is 26.6 Å². The first-order valence-corrected chi connectivity index (χ1v) is 11.8. The number of methoxy groups -OCH3 is 3. The summed E-state index contributed by atoms with van der Waals surface area (Å²) in [5.41, 5.74) is 3.32. The SMILES string of the molecule is COc1ccc(NC(=O)c2c(/N=C/c3cccc(OC)c3OC)sc3c2CCCCC3)cc1. The van der Waals surface area contributed by atoms with Crippen LogP contribution >= 0.6 is 11.3 Å². The molecule has 1 aromatic heterocycles. The maximum atomic E-state index is 13.4. The number of hydrogen-bond donors (Lipinski definition) is 1. The highest BCUT2D eigenvalue weighted by Gasteiger charge is 2.24. The number of amides is 1. The molecule has 1 aliphatic rings. The molecule has 3 aromatic rings. The molecule has 6 nitrogen and oxygen atoms in total. The summed E-state index contributed by atoms with van der Waals surface area (Å²) < 4.78 is 16.1. The van der Waals surface area contributed by atoms with Crippen LogP contribution in [0.4, 0.5) is 10.7 Å². The van der Waals surface area contributed by atoms with E-state index in [0.29, 0.717) is 17.1 Å². The summed E-state index contributed by atoms with van der Waals surface area (Å²) in [5, 5.41) is 3.76. The monoisotopic (exact) mass is 464 g/mol. The van der Waals surface area contributed by atoms with Crippen molar-refractivity contribution in [1.82, 2.24) is 0 Å². The fourth-order valence-electron chi connectivity index (χ4n) is 4.06. The Morgan fingerprint density at radius 2 is 1.76 bits per heavy atom. The largest absolute Gasteiger partial charge is 0.497 e. The summed E-state index contributed by atoms with van der Waals surface area (Å²) in [6, 6.07) is 13.0. The fourth-order valence-corrected chi connectivity index (χ4v) is 5.29. The van der Waals surface area contributed by atoms with Gasteiger partial charge in [-0.3, -0.25) is 4.79 Å². The minimum atomic E-state index is -0.135. The van der Waals surface area contributed by atoms with Crippen LogP contribution in [0.15, 0.2) is 47.5 Å². The van der Waals surface area contributed by atoms with Crippen molar-refractivity contribution in [2.24, 2.45) is 4.99 Å². The lowest BCUT2D eigenvalue weighted by Gasteiger charge is -2.10. The maximum Gasteiger partial charge on any atom is 0.259 e. The Morgan fingerprint density at radius 3 is 2.48 bits per heavy atom. The van der Waals surface area contributed by atoms with Gasteiger partial charge in [0.15, 0.2) is 11.5 Å². The van der Waals surface area contributed by atoms with Gasteiger partial charge >= 0.3 is 0 Å². The van der Waals surface area contributed by atoms with Crippen LogP contribution in [0.5, 0.6) is 17.2 Å². The molecule has 0 bridgehead atoms. The Hall–Kier alpha value is -3.32. The number of ether oxygens (including phenoxy) is 3. The van der Waals surface area contributed by atoms with Crippen LogP contribution in [0.1, 0.15) is 45.6 Å². The lowest BCUT2D eigenvalue weighted by atomic mass is 10.0. The first-order valence-electron chi connectivity index (χ1n) is 11.0. The van der Waals surface area contributed by atoms with Gasteiger partial charge in [0.1, 0.15) is 10.8 Å². The Balaban J connectivity index is 1.70. The Kier molecular flexibility index (Phi) is 7.29. The number of aryl methyl sites for hydroxylation is 1. The quantitative estimate of drug-likeness (QED) is 0.342. The molecule has 172 valence electrons. The van der Waals surface area contributed by atoms with Crippen LogP contribution in [0.3, 0.4) is 0 Å². The normalized spacial score (nSPS) is 13.3. The van der Waals surface area contributed by atoms with Crippen molar-refractivity contribution >= 4 is 34.1 Å². The predicted molar refractivity (Wildman–Crippen MR) is 133 cm³/mol. The molecular formula is C26H28N2O4S. The number of para-hydroxylation sites is 1. The standard InChI is InChI=1S/C26H28N2O4S/c1-30-19-14-12-18(13-15-19)28-25(29)23-20-9-5-4-6-11-22(20)33-26(23)27-16-17-8-7-10-21(31-2)24(17)32-3/h7-8,10,12-16H,4-6,9,11H2,1-3H3,(H,28,29)/b27-16+. The van der Waals surface area contributed by atoms with Crippen LogP contribution in [-0.2, 0) is 12.8 Å². The van der Waals surface area contributed by atoms with Crippen molar-refractivity contribution in [3.8, 4) is 17.2 Å². The molecule has 0 saturated carbocycles. The number of anilines is 1. The van der Waals surface area contributed by atoms with E-state index in [1.54, 1.807) is 38.9 Å². The molecule has 0 unspecified atom stereocenters. The molecule has 0 fully saturated rings. The molecule has 1 aliphatic carbocycles. The molecule has 33 heavy (non-hydrogen) atoms. The van der Waals surface area contributed by atoms with Crippen molar-refractivity contribution in [3.05, 3.63) is 64.0 Å². The van der Waals surface area contributed by atoms with Crippen molar-refractivity contribution in [2.45, 2.75) is 32.1 Å². The number of carbonyl (C=O) groups is 1. The number of rotatable bonds is 7. The summed E-state index contributed by atoms with van der Waals surface area (Å²) in [4.78, 5) is 19.4. The van der Waals surface area contributed by atoms with Gasteiger partial charge in [-0.1, -0.05) is 12.5 Å². The van der Waals surface area contributed by atoms with Crippen LogP contribution in [-0.4, -0.2) is 33.5 Å². The van der Waals surface area contributed by atoms with Gasteiger partial charge in [-0.05, 0) is 67.6 Å². The second kappa shape index (κ2) is 10.5. The number of thiophene rings is 1. The molecule has 7 heteroatoms. The number of nitrogens with one attached hydrogen (secondary N) is 1. The first kappa shape index (κ1) is 22.9. The summed E-state index contributed by atoms with van der Waals surface area (Å²) in [6.07, 6.45) is 7.03. The van der Waals surface area contributed by atoms with Gasteiger partial charge in [-0.2, -0.15) is 0 Å². The maximum absolute atomic E-state index is 13.4. The number of benzene rings is 2. The minimum Gasteiger partial charge on any atom is -0.497 e. The highest BCUT2D eigenvalue weighted by molar-refractivity contribution is 7.16. The van der Waals surface area contributed by atoms with Crippen molar-refractivity contribution in [3.63, 3.8) is 0 Å². The Bertz CT molecular complexity index is 1150. The smallest absolute Gasteiger partial charge is 0.259 e. The van der Waals surface area contributed by atoms with E-state index in [1.807, 2.05) is 42.5 Å². The van der Waals surface area contributed by atoms with Gasteiger partial charge < -0.3 is 19.5 Å². The molecule has 0 aliphatic heterocycles. The predicted octanol–water partition coefficient (Wildman–Crippen LogP) is 6.05. The van der Waals surface area contributed by atoms with E-state index in [1.165, 1.54) is 11.3 Å². The third-order valence-electron chi connectivity index (χ3n) is 5.73. The van der Waals surface area contributed by atoms with Gasteiger partial charge in [-0.15, -0.1) is 11.3 Å². The Labute approximate surface area is 198 Å². The number of aliphatic imine (C=N–C) groups is 1. The summed E-state index contributed by atoms with van der Waals surface area (Å²) in [6.45, 7) is 0. The highest BCUT2D eigenvalue weighted by Crippen LogP contribution is 2.40. The highest BCUT2D eigenvalue weighted by atomic mass is 32.1. The fraction of sp³-hybridized carbons (Fsp3) is 0.308. The first-order chi connectivity index (χ1) is 16.1. The zero-order chi connectivity index (χ0) is 23.2. The van der Waals surface area contributed by atoms with E-state index in [9.17, 15) is 4.79 Å². The van der Waals surface area contributed by atoms with Crippen LogP contribution in [0, 0.1) is 0 Å². The summed E-state index contributed by atoms with van der Waals surface area (Å²) in [5.74, 6) is 1.87. The molecule has 1 N–H and O–H groups in total. The average molecular weight is 465 g/mol. The van der Waals surface area contributed by atoms with Gasteiger partial charge in [0.25, 0.3) is 5.91 Å². The van der Waals surface area contributed by atoms with Gasteiger partial charge in [0.05, 0.1) is 26.9 Å². The van der Waals surface area contributed by atoms with E-state index < -0.39 is 0 Å². The van der Waals surface area contributed by atoms with Gasteiger partial charge in [-0.25, -0.2) is 4.99 Å². The second-order valence-electron chi connectivity index (χ2n) is 7.77. The zero-order valence-electron chi connectivity index (χ0n) is 19.1. The molecule has 0 atom stereocenters. The van der Waals surface area contributed by atoms with Crippen LogP contribution in [0.2, 0.25) is 0 Å². The summed E-state index contributed by atoms with van der Waals surface area (Å²) >= 11 is 1.61. The minimum absolute atomic E-state index is 0.135. The van der Waals surface area contributed by atoms with Crippen LogP contribution < -0.4 is 19.5 Å². The third-order valence-corrected chi connectivity index (χ3v) is 6.93. The zero-order valence-corrected chi connectivity index (χ0v) is 20.0. The number of hydrogen-bond acceptors (Lipinski definition) is 6. The molecule has 1 amide bonds. The molecule has 0 spiro atoms. The average Bonchev–Trinajstić information content (AvgIpc) is 3.03. The van der Waals surface area contributed by atoms with Gasteiger partial charge in [0, 0.05) is 22.3 Å².